The number of rotatable bonds is 9. The molecule has 34 heavy (non-hydrogen) atoms. The molecule has 0 spiro atoms. The van der Waals surface area contributed by atoms with Gasteiger partial charge in [-0.3, -0.25) is 4.79 Å². The van der Waals surface area contributed by atoms with Gasteiger partial charge in [0.2, 0.25) is 5.82 Å². The summed E-state index contributed by atoms with van der Waals surface area (Å²) in [4.78, 5) is 10.9. The highest BCUT2D eigenvalue weighted by atomic mass is 32.1. The molecule has 0 aliphatic carbocycles. The third kappa shape index (κ3) is 6.14. The number of esters is 1. The molecule has 0 aliphatic rings. The van der Waals surface area contributed by atoms with Crippen molar-refractivity contribution in [2.24, 2.45) is 0 Å². The Balaban J connectivity index is 1.82. The van der Waals surface area contributed by atoms with Gasteiger partial charge in [0.25, 0.3) is 0 Å². The van der Waals surface area contributed by atoms with Crippen LogP contribution in [0.25, 0.3) is 11.1 Å². The summed E-state index contributed by atoms with van der Waals surface area (Å²) in [6.07, 6.45) is -3.92. The van der Waals surface area contributed by atoms with Gasteiger partial charge in [-0.05, 0) is 54.2 Å². The molecule has 0 saturated carbocycles. The minimum absolute atomic E-state index is 0.0231. The number of carbonyl (C=O) groups excluding carboxylic acids is 1. The Kier molecular flexibility index (Phi) is 8.30. The van der Waals surface area contributed by atoms with Crippen molar-refractivity contribution in [2.45, 2.75) is 45.9 Å². The van der Waals surface area contributed by atoms with Crippen molar-refractivity contribution in [1.29, 1.82) is 0 Å². The third-order valence-electron chi connectivity index (χ3n) is 5.15. The van der Waals surface area contributed by atoms with E-state index in [0.29, 0.717) is 22.5 Å². The highest BCUT2D eigenvalue weighted by Crippen LogP contribution is 2.41. The van der Waals surface area contributed by atoms with Crippen LogP contribution in [0.15, 0.2) is 42.5 Å². The van der Waals surface area contributed by atoms with Crippen LogP contribution < -0.4 is 4.74 Å². The molecule has 0 N–H and O–H groups in total. The Bertz CT molecular complexity index is 1140. The standard InChI is InChI=1S/C25H23F5O3S/c1-3-15-5-7-16(8-6-15)18-13-21(25(28,29)30)34-20(18)14-33-19-11-9-17(23(26)24(19)27)10-12-22(31)32-4-2/h5-9,11,13H,3-4,10,12,14H2,1-2H3. The van der Waals surface area contributed by atoms with Crippen molar-refractivity contribution < 1.29 is 36.2 Å². The number of carbonyl (C=O) groups is 1. The Hall–Kier alpha value is -2.94. The molecule has 0 unspecified atom stereocenters. The van der Waals surface area contributed by atoms with Crippen LogP contribution in [0.1, 0.15) is 41.1 Å². The molecular formula is C25H23F5O3S. The number of halogens is 5. The summed E-state index contributed by atoms with van der Waals surface area (Å²) in [5.74, 6) is -3.38. The lowest BCUT2D eigenvalue weighted by Gasteiger charge is -2.11. The molecular weight excluding hydrogens is 475 g/mol. The quantitative estimate of drug-likeness (QED) is 0.229. The van der Waals surface area contributed by atoms with Crippen molar-refractivity contribution >= 4 is 17.3 Å². The Labute approximate surface area is 198 Å². The first-order valence-electron chi connectivity index (χ1n) is 10.7. The second kappa shape index (κ2) is 11.0. The molecule has 3 aromatic rings. The number of aryl methyl sites for hydroxylation is 2. The van der Waals surface area contributed by atoms with Gasteiger partial charge in [0.1, 0.15) is 11.5 Å². The maximum atomic E-state index is 14.5. The number of benzene rings is 2. The van der Waals surface area contributed by atoms with E-state index in [2.05, 4.69) is 0 Å². The molecule has 182 valence electrons. The number of ether oxygens (including phenoxy) is 2. The zero-order valence-corrected chi connectivity index (χ0v) is 19.4. The van der Waals surface area contributed by atoms with Crippen LogP contribution in [-0.2, 0) is 35.2 Å². The van der Waals surface area contributed by atoms with E-state index in [1.165, 1.54) is 12.1 Å². The lowest BCUT2D eigenvalue weighted by Crippen LogP contribution is -2.07. The zero-order chi connectivity index (χ0) is 24.9. The predicted octanol–water partition coefficient (Wildman–Crippen LogP) is 7.35. The van der Waals surface area contributed by atoms with Crippen LogP contribution in [0.5, 0.6) is 5.75 Å². The van der Waals surface area contributed by atoms with E-state index in [0.717, 1.165) is 18.1 Å². The molecule has 1 aromatic heterocycles. The van der Waals surface area contributed by atoms with Gasteiger partial charge in [0.05, 0.1) is 11.5 Å². The minimum atomic E-state index is -4.54. The second-order valence-electron chi connectivity index (χ2n) is 7.44. The molecule has 1 heterocycles. The molecule has 0 atom stereocenters. The largest absolute Gasteiger partial charge is 0.485 e. The van der Waals surface area contributed by atoms with Crippen LogP contribution in [0, 0.1) is 11.6 Å². The fourth-order valence-electron chi connectivity index (χ4n) is 3.33. The van der Waals surface area contributed by atoms with E-state index in [1.807, 2.05) is 19.1 Å². The highest BCUT2D eigenvalue weighted by Gasteiger charge is 2.34. The lowest BCUT2D eigenvalue weighted by atomic mass is 10.0. The van der Waals surface area contributed by atoms with E-state index >= 15 is 0 Å². The van der Waals surface area contributed by atoms with Crippen molar-refractivity contribution in [3.63, 3.8) is 0 Å². The van der Waals surface area contributed by atoms with Crippen molar-refractivity contribution in [3.05, 3.63) is 75.0 Å². The summed E-state index contributed by atoms with van der Waals surface area (Å²) >= 11 is 0.502. The molecule has 9 heteroatoms. The van der Waals surface area contributed by atoms with E-state index < -0.39 is 34.4 Å². The first-order chi connectivity index (χ1) is 16.1. The fraction of sp³-hybridized carbons (Fsp3) is 0.320. The summed E-state index contributed by atoms with van der Waals surface area (Å²) in [7, 11) is 0. The normalized spacial score (nSPS) is 11.5. The van der Waals surface area contributed by atoms with Gasteiger partial charge < -0.3 is 9.47 Å². The second-order valence-corrected chi connectivity index (χ2v) is 8.58. The Morgan fingerprint density at radius 3 is 2.32 bits per heavy atom. The van der Waals surface area contributed by atoms with Gasteiger partial charge in [0, 0.05) is 6.42 Å². The van der Waals surface area contributed by atoms with Crippen LogP contribution in [0.4, 0.5) is 22.0 Å². The summed E-state index contributed by atoms with van der Waals surface area (Å²) < 4.78 is 79.2. The van der Waals surface area contributed by atoms with Gasteiger partial charge >= 0.3 is 12.1 Å². The molecule has 0 radical (unpaired) electrons. The number of hydrogen-bond acceptors (Lipinski definition) is 4. The fourth-order valence-corrected chi connectivity index (χ4v) is 4.29. The monoisotopic (exact) mass is 498 g/mol. The third-order valence-corrected chi connectivity index (χ3v) is 6.30. The molecule has 0 fully saturated rings. The maximum absolute atomic E-state index is 14.5. The predicted molar refractivity (Wildman–Crippen MR) is 120 cm³/mol. The van der Waals surface area contributed by atoms with Gasteiger partial charge in [-0.1, -0.05) is 37.3 Å². The van der Waals surface area contributed by atoms with Crippen molar-refractivity contribution in [3.8, 4) is 16.9 Å². The van der Waals surface area contributed by atoms with E-state index in [-0.39, 0.29) is 36.5 Å². The minimum Gasteiger partial charge on any atom is -0.485 e. The van der Waals surface area contributed by atoms with Gasteiger partial charge in [0.15, 0.2) is 11.6 Å². The molecule has 0 saturated heterocycles. The summed E-state index contributed by atoms with van der Waals surface area (Å²) in [5.41, 5.74) is 1.91. The maximum Gasteiger partial charge on any atom is 0.425 e. The molecule has 0 bridgehead atoms. The number of thiophene rings is 1. The van der Waals surface area contributed by atoms with Crippen LogP contribution in [-0.4, -0.2) is 12.6 Å². The van der Waals surface area contributed by atoms with Crippen LogP contribution in [0.2, 0.25) is 0 Å². The van der Waals surface area contributed by atoms with E-state index in [9.17, 15) is 26.7 Å². The average molecular weight is 499 g/mol. The molecule has 0 aliphatic heterocycles. The molecule has 3 rings (SSSR count). The Morgan fingerprint density at radius 1 is 1.00 bits per heavy atom. The molecule has 0 amide bonds. The number of alkyl halides is 3. The Morgan fingerprint density at radius 2 is 1.71 bits per heavy atom. The van der Waals surface area contributed by atoms with E-state index in [1.54, 1.807) is 19.1 Å². The highest BCUT2D eigenvalue weighted by molar-refractivity contribution is 7.12. The average Bonchev–Trinajstić information content (AvgIpc) is 3.24. The summed E-state index contributed by atoms with van der Waals surface area (Å²) in [5, 5.41) is 0. The molecule has 2 aromatic carbocycles. The summed E-state index contributed by atoms with van der Waals surface area (Å²) in [6, 6.07) is 10.6. The first kappa shape index (κ1) is 25.7. The van der Waals surface area contributed by atoms with Gasteiger partial charge in [-0.2, -0.15) is 17.6 Å². The first-order valence-corrected chi connectivity index (χ1v) is 11.5. The lowest BCUT2D eigenvalue weighted by molar-refractivity contribution is -0.143. The van der Waals surface area contributed by atoms with Crippen LogP contribution in [0.3, 0.4) is 0 Å². The SMILES string of the molecule is CCOC(=O)CCc1ccc(OCc2sc(C(F)(F)F)cc2-c2ccc(CC)cc2)c(F)c1F. The van der Waals surface area contributed by atoms with E-state index in [4.69, 9.17) is 9.47 Å². The smallest absolute Gasteiger partial charge is 0.425 e. The topological polar surface area (TPSA) is 35.5 Å². The van der Waals surface area contributed by atoms with Crippen molar-refractivity contribution in [1.82, 2.24) is 0 Å². The summed E-state index contributed by atoms with van der Waals surface area (Å²) in [6.45, 7) is 3.42. The van der Waals surface area contributed by atoms with Crippen molar-refractivity contribution in [2.75, 3.05) is 6.61 Å². The van der Waals surface area contributed by atoms with Gasteiger partial charge in [-0.15, -0.1) is 11.3 Å². The van der Waals surface area contributed by atoms with Crippen LogP contribution >= 0.6 is 11.3 Å². The number of hydrogen-bond donors (Lipinski definition) is 0. The zero-order valence-electron chi connectivity index (χ0n) is 18.6. The molecule has 3 nitrogen and oxygen atoms in total. The van der Waals surface area contributed by atoms with Gasteiger partial charge in [-0.25, -0.2) is 4.39 Å².